The number of nitro groups is 1. The average molecular weight is 294 g/mol. The highest BCUT2D eigenvalue weighted by Crippen LogP contribution is 2.40. The van der Waals surface area contributed by atoms with E-state index in [9.17, 15) is 10.1 Å². The zero-order valence-electron chi connectivity index (χ0n) is 12.5. The van der Waals surface area contributed by atoms with E-state index in [0.717, 1.165) is 32.4 Å². The molecule has 1 aliphatic carbocycles. The fourth-order valence-electron chi connectivity index (χ4n) is 3.02. The van der Waals surface area contributed by atoms with E-state index in [-0.39, 0.29) is 16.8 Å². The van der Waals surface area contributed by atoms with Gasteiger partial charge in [-0.2, -0.15) is 0 Å². The van der Waals surface area contributed by atoms with E-state index in [1.807, 2.05) is 0 Å². The first kappa shape index (κ1) is 14.3. The van der Waals surface area contributed by atoms with Crippen LogP contribution in [0.4, 0.5) is 5.82 Å². The van der Waals surface area contributed by atoms with Crippen LogP contribution in [0.15, 0.2) is 0 Å². The third kappa shape index (κ3) is 2.62. The largest absolute Gasteiger partial charge is 0.484 e. The fourth-order valence-corrected chi connectivity index (χ4v) is 3.02. The van der Waals surface area contributed by atoms with Gasteiger partial charge in [0.25, 0.3) is 0 Å². The molecular formula is C14H22N4O3. The Kier molecular flexibility index (Phi) is 3.84. The van der Waals surface area contributed by atoms with Gasteiger partial charge in [0, 0.05) is 12.5 Å². The Morgan fingerprint density at radius 2 is 2.24 bits per heavy atom. The van der Waals surface area contributed by atoms with Gasteiger partial charge >= 0.3 is 5.82 Å². The van der Waals surface area contributed by atoms with Gasteiger partial charge in [-0.25, -0.2) is 0 Å². The molecule has 2 fully saturated rings. The maximum Gasteiger partial charge on any atom is 0.388 e. The van der Waals surface area contributed by atoms with Gasteiger partial charge in [0.05, 0.1) is 6.61 Å². The van der Waals surface area contributed by atoms with Gasteiger partial charge in [-0.3, -0.25) is 0 Å². The number of hydrogen-bond donors (Lipinski definition) is 1. The minimum atomic E-state index is -0.357. The predicted octanol–water partition coefficient (Wildman–Crippen LogP) is 2.06. The molecule has 2 atom stereocenters. The summed E-state index contributed by atoms with van der Waals surface area (Å²) in [6.07, 6.45) is 3.04. The quantitative estimate of drug-likeness (QED) is 0.664. The standard InChI is InChI=1S/C14H22N4O3/c1-9-6-15-7-11(9)8-21-13-10(2)16-17(12-4-3-5-12)14(13)18(19)20/h9,11-12,15H,3-8H2,1-2H3/t9-,11+/m1/s1. The number of aromatic nitrogens is 2. The van der Waals surface area contributed by atoms with Crippen molar-refractivity contribution in [1.29, 1.82) is 0 Å². The average Bonchev–Trinajstić information content (AvgIpc) is 2.89. The predicted molar refractivity (Wildman–Crippen MR) is 77.5 cm³/mol. The second-order valence-corrected chi connectivity index (χ2v) is 6.23. The van der Waals surface area contributed by atoms with Crippen LogP contribution >= 0.6 is 0 Å². The van der Waals surface area contributed by atoms with Gasteiger partial charge < -0.3 is 20.2 Å². The van der Waals surface area contributed by atoms with Crippen molar-refractivity contribution in [2.24, 2.45) is 11.8 Å². The van der Waals surface area contributed by atoms with E-state index in [2.05, 4.69) is 17.3 Å². The highest BCUT2D eigenvalue weighted by Gasteiger charge is 2.36. The molecule has 3 rings (SSSR count). The Hall–Kier alpha value is -1.63. The highest BCUT2D eigenvalue weighted by atomic mass is 16.6. The molecule has 0 amide bonds. The summed E-state index contributed by atoms with van der Waals surface area (Å²) in [7, 11) is 0. The molecule has 2 heterocycles. The maximum absolute atomic E-state index is 11.4. The summed E-state index contributed by atoms with van der Waals surface area (Å²) in [6.45, 7) is 6.36. The van der Waals surface area contributed by atoms with Crippen molar-refractivity contribution in [3.8, 4) is 5.75 Å². The first-order valence-electron chi connectivity index (χ1n) is 7.65. The Bertz CT molecular complexity index is 539. The third-order valence-corrected chi connectivity index (χ3v) is 4.72. The molecule has 1 aliphatic heterocycles. The van der Waals surface area contributed by atoms with Crippen LogP contribution < -0.4 is 10.1 Å². The first-order valence-corrected chi connectivity index (χ1v) is 7.65. The van der Waals surface area contributed by atoms with Gasteiger partial charge in [0.2, 0.25) is 5.75 Å². The summed E-state index contributed by atoms with van der Waals surface area (Å²) in [5, 5.41) is 19.1. The van der Waals surface area contributed by atoms with Crippen LogP contribution in [0.5, 0.6) is 5.75 Å². The van der Waals surface area contributed by atoms with Crippen molar-refractivity contribution >= 4 is 5.82 Å². The topological polar surface area (TPSA) is 82.2 Å². The Morgan fingerprint density at radius 3 is 2.76 bits per heavy atom. The summed E-state index contributed by atoms with van der Waals surface area (Å²) in [4.78, 5) is 11.1. The normalized spacial score (nSPS) is 25.8. The molecule has 1 saturated heterocycles. The molecule has 1 aromatic heterocycles. The minimum absolute atomic E-state index is 0.0239. The summed E-state index contributed by atoms with van der Waals surface area (Å²) in [5.74, 6) is 1.31. The van der Waals surface area contributed by atoms with Crippen LogP contribution in [0.1, 0.15) is 37.9 Å². The summed E-state index contributed by atoms with van der Waals surface area (Å²) < 4.78 is 7.38. The number of rotatable bonds is 5. The number of aryl methyl sites for hydroxylation is 1. The van der Waals surface area contributed by atoms with Crippen molar-refractivity contribution in [3.63, 3.8) is 0 Å². The molecule has 7 heteroatoms. The van der Waals surface area contributed by atoms with E-state index < -0.39 is 0 Å². The highest BCUT2D eigenvalue weighted by molar-refractivity contribution is 5.44. The molecule has 0 unspecified atom stereocenters. The van der Waals surface area contributed by atoms with Crippen LogP contribution in [-0.4, -0.2) is 34.4 Å². The van der Waals surface area contributed by atoms with E-state index in [1.54, 1.807) is 11.6 Å². The van der Waals surface area contributed by atoms with E-state index >= 15 is 0 Å². The van der Waals surface area contributed by atoms with Crippen molar-refractivity contribution in [1.82, 2.24) is 15.1 Å². The van der Waals surface area contributed by atoms with Gasteiger partial charge in [0.1, 0.15) is 11.7 Å². The SMILES string of the molecule is Cc1nn(C2CCC2)c([N+](=O)[O-])c1OC[C@@H]1CNC[C@H]1C. The summed E-state index contributed by atoms with van der Waals surface area (Å²) in [5.41, 5.74) is 0.618. The first-order chi connectivity index (χ1) is 10.1. The fraction of sp³-hybridized carbons (Fsp3) is 0.786. The lowest BCUT2D eigenvalue weighted by Gasteiger charge is -2.21. The molecule has 0 bridgehead atoms. The zero-order valence-corrected chi connectivity index (χ0v) is 12.5. The summed E-state index contributed by atoms with van der Waals surface area (Å²) in [6, 6.07) is 0.161. The molecule has 0 aromatic carbocycles. The second-order valence-electron chi connectivity index (χ2n) is 6.23. The lowest BCUT2D eigenvalue weighted by Crippen LogP contribution is -2.21. The van der Waals surface area contributed by atoms with Crippen molar-refractivity contribution < 1.29 is 9.66 Å². The molecule has 0 spiro atoms. The lowest BCUT2D eigenvalue weighted by molar-refractivity contribution is -0.394. The monoisotopic (exact) mass is 294 g/mol. The van der Waals surface area contributed by atoms with Crippen LogP contribution in [0.25, 0.3) is 0 Å². The molecule has 7 nitrogen and oxygen atoms in total. The van der Waals surface area contributed by atoms with Crippen molar-refractivity contribution in [2.75, 3.05) is 19.7 Å². The number of nitrogens with one attached hydrogen (secondary N) is 1. The van der Waals surface area contributed by atoms with E-state index in [0.29, 0.717) is 29.9 Å². The number of hydrogen-bond acceptors (Lipinski definition) is 5. The molecule has 0 radical (unpaired) electrons. The minimum Gasteiger partial charge on any atom is -0.484 e. The Balaban J connectivity index is 1.79. The number of ether oxygens (including phenoxy) is 1. The molecule has 116 valence electrons. The van der Waals surface area contributed by atoms with Gasteiger partial charge in [-0.1, -0.05) is 12.0 Å². The maximum atomic E-state index is 11.4. The van der Waals surface area contributed by atoms with Crippen molar-refractivity contribution in [3.05, 3.63) is 15.8 Å². The molecule has 21 heavy (non-hydrogen) atoms. The van der Waals surface area contributed by atoms with Gasteiger partial charge in [-0.15, -0.1) is 4.68 Å². The summed E-state index contributed by atoms with van der Waals surface area (Å²) >= 11 is 0. The Labute approximate surface area is 123 Å². The van der Waals surface area contributed by atoms with Crippen molar-refractivity contribution in [2.45, 2.75) is 39.2 Å². The smallest absolute Gasteiger partial charge is 0.388 e. The van der Waals surface area contributed by atoms with E-state index in [4.69, 9.17) is 4.74 Å². The van der Waals surface area contributed by atoms with Gasteiger partial charge in [0.15, 0.2) is 0 Å². The number of nitrogens with zero attached hydrogens (tertiary/aromatic N) is 3. The molecule has 2 aliphatic rings. The zero-order chi connectivity index (χ0) is 15.0. The third-order valence-electron chi connectivity index (χ3n) is 4.72. The second kappa shape index (κ2) is 5.63. The van der Waals surface area contributed by atoms with Crippen LogP contribution in [0, 0.1) is 28.9 Å². The van der Waals surface area contributed by atoms with Crippen LogP contribution in [0.2, 0.25) is 0 Å². The molecule has 1 saturated carbocycles. The van der Waals surface area contributed by atoms with Crippen LogP contribution in [0.3, 0.4) is 0 Å². The van der Waals surface area contributed by atoms with Crippen LogP contribution in [-0.2, 0) is 0 Å². The van der Waals surface area contributed by atoms with Gasteiger partial charge in [-0.05, 0) is 43.6 Å². The lowest BCUT2D eigenvalue weighted by atomic mass is 9.93. The van der Waals surface area contributed by atoms with E-state index in [1.165, 1.54) is 0 Å². The molecular weight excluding hydrogens is 272 g/mol. The Morgan fingerprint density at radius 1 is 1.48 bits per heavy atom. The molecule has 1 N–H and O–H groups in total. The molecule has 1 aromatic rings.